The zero-order valence-corrected chi connectivity index (χ0v) is 46.0. The Morgan fingerprint density at radius 1 is 0.313 bits per heavy atom. The average Bonchev–Trinajstić information content (AvgIpc) is 3.31. The second kappa shape index (κ2) is 53.8. The molecule has 0 radical (unpaired) electrons. The summed E-state index contributed by atoms with van der Waals surface area (Å²) < 4.78 is 16.9. The van der Waals surface area contributed by atoms with Crippen LogP contribution in [0.4, 0.5) is 0 Å². The summed E-state index contributed by atoms with van der Waals surface area (Å²) in [5.74, 6) is 0.863. The highest BCUT2D eigenvalue weighted by Crippen LogP contribution is 2.19. The van der Waals surface area contributed by atoms with E-state index in [0.29, 0.717) is 19.3 Å². The summed E-state index contributed by atoms with van der Waals surface area (Å²) in [6.45, 7) is 11.4. The van der Waals surface area contributed by atoms with Crippen LogP contribution in [-0.2, 0) is 28.6 Å². The minimum Gasteiger partial charge on any atom is -0.462 e. The van der Waals surface area contributed by atoms with Gasteiger partial charge in [-0.25, -0.2) is 0 Å². The van der Waals surface area contributed by atoms with E-state index >= 15 is 0 Å². The molecule has 0 saturated heterocycles. The average molecular weight is 948 g/mol. The van der Waals surface area contributed by atoms with Crippen molar-refractivity contribution in [2.24, 2.45) is 11.8 Å². The van der Waals surface area contributed by atoms with Crippen LogP contribution in [0.3, 0.4) is 0 Å². The molecule has 0 spiro atoms. The third-order valence-corrected chi connectivity index (χ3v) is 14.3. The lowest BCUT2D eigenvalue weighted by Gasteiger charge is -2.18. The molecule has 0 fully saturated rings. The van der Waals surface area contributed by atoms with E-state index in [1.165, 1.54) is 231 Å². The van der Waals surface area contributed by atoms with Crippen LogP contribution in [0.5, 0.6) is 0 Å². The van der Waals surface area contributed by atoms with Gasteiger partial charge in [0.15, 0.2) is 6.10 Å². The predicted octanol–water partition coefficient (Wildman–Crippen LogP) is 20.0. The van der Waals surface area contributed by atoms with Gasteiger partial charge in [-0.15, -0.1) is 0 Å². The first-order valence-corrected chi connectivity index (χ1v) is 30.3. The number of carbonyl (C=O) groups excluding carboxylic acids is 3. The molecule has 0 aliphatic rings. The largest absolute Gasteiger partial charge is 0.462 e. The van der Waals surface area contributed by atoms with Crippen molar-refractivity contribution in [2.75, 3.05) is 13.2 Å². The van der Waals surface area contributed by atoms with E-state index in [4.69, 9.17) is 14.2 Å². The number of hydrogen-bond donors (Lipinski definition) is 0. The third-order valence-electron chi connectivity index (χ3n) is 14.3. The number of esters is 3. The van der Waals surface area contributed by atoms with E-state index in [-0.39, 0.29) is 31.1 Å². The molecule has 0 aromatic carbocycles. The van der Waals surface area contributed by atoms with Gasteiger partial charge in [0.1, 0.15) is 13.2 Å². The van der Waals surface area contributed by atoms with Gasteiger partial charge in [-0.3, -0.25) is 14.4 Å². The first-order valence-electron chi connectivity index (χ1n) is 30.3. The number of unbranched alkanes of at least 4 members (excludes halogenated alkanes) is 39. The minimum atomic E-state index is -0.763. The molecule has 2 atom stereocenters. The summed E-state index contributed by atoms with van der Waals surface area (Å²) in [5.41, 5.74) is 0. The molecule has 1 unspecified atom stereocenters. The zero-order valence-electron chi connectivity index (χ0n) is 46.0. The second-order valence-electron chi connectivity index (χ2n) is 21.7. The van der Waals surface area contributed by atoms with Crippen molar-refractivity contribution in [1.29, 1.82) is 0 Å². The van der Waals surface area contributed by atoms with Crippen molar-refractivity contribution in [3.05, 3.63) is 0 Å². The predicted molar refractivity (Wildman–Crippen MR) is 289 cm³/mol. The van der Waals surface area contributed by atoms with Crippen LogP contribution in [0.15, 0.2) is 0 Å². The van der Waals surface area contributed by atoms with Gasteiger partial charge in [-0.1, -0.05) is 304 Å². The maximum Gasteiger partial charge on any atom is 0.306 e. The van der Waals surface area contributed by atoms with E-state index < -0.39 is 6.10 Å². The molecule has 0 aromatic heterocycles. The second-order valence-corrected chi connectivity index (χ2v) is 21.7. The van der Waals surface area contributed by atoms with Gasteiger partial charge < -0.3 is 14.2 Å². The van der Waals surface area contributed by atoms with Crippen LogP contribution >= 0.6 is 0 Å². The Hall–Kier alpha value is -1.59. The fourth-order valence-corrected chi connectivity index (χ4v) is 9.37. The molecule has 0 aromatic rings. The van der Waals surface area contributed by atoms with Gasteiger partial charge in [0, 0.05) is 19.3 Å². The van der Waals surface area contributed by atoms with Crippen LogP contribution in [0, 0.1) is 11.8 Å². The Morgan fingerprint density at radius 3 is 0.851 bits per heavy atom. The normalized spacial score (nSPS) is 12.4. The molecule has 67 heavy (non-hydrogen) atoms. The number of carbonyl (C=O) groups is 3. The van der Waals surface area contributed by atoms with Crippen LogP contribution in [0.1, 0.15) is 343 Å². The molecule has 398 valence electrons. The van der Waals surface area contributed by atoms with Crippen LogP contribution in [0.2, 0.25) is 0 Å². The SMILES string of the molecule is CCCCCCCCCCCCCCCCCCCCC(=O)O[C@@H](COC(=O)CCCCCCCCCCCCCCCCCCC(C)C)COC(=O)CCCCCCCCCCC(C)CC. The maximum atomic E-state index is 12.9. The van der Waals surface area contributed by atoms with Gasteiger partial charge >= 0.3 is 17.9 Å². The smallest absolute Gasteiger partial charge is 0.306 e. The highest BCUT2D eigenvalue weighted by molar-refractivity contribution is 5.71. The monoisotopic (exact) mass is 947 g/mol. The molecule has 0 aliphatic heterocycles. The quantitative estimate of drug-likeness (QED) is 0.0343. The van der Waals surface area contributed by atoms with Crippen molar-refractivity contribution in [3.63, 3.8) is 0 Å². The van der Waals surface area contributed by atoms with Gasteiger partial charge in [-0.2, -0.15) is 0 Å². The van der Waals surface area contributed by atoms with Crippen molar-refractivity contribution < 1.29 is 28.6 Å². The Labute approximate surface area is 418 Å². The van der Waals surface area contributed by atoms with Crippen LogP contribution in [-0.4, -0.2) is 37.2 Å². The fraction of sp³-hybridized carbons (Fsp3) is 0.951. The van der Waals surface area contributed by atoms with E-state index in [1.54, 1.807) is 0 Å². The Kier molecular flexibility index (Phi) is 52.5. The summed E-state index contributed by atoms with van der Waals surface area (Å²) in [6.07, 6.45) is 58.1. The first kappa shape index (κ1) is 65.4. The number of hydrogen-bond acceptors (Lipinski definition) is 6. The molecular formula is C61H118O6. The fourth-order valence-electron chi connectivity index (χ4n) is 9.37. The van der Waals surface area contributed by atoms with Gasteiger partial charge in [0.25, 0.3) is 0 Å². The van der Waals surface area contributed by atoms with E-state index in [2.05, 4.69) is 34.6 Å². The number of rotatable bonds is 55. The summed E-state index contributed by atoms with van der Waals surface area (Å²) in [6, 6.07) is 0. The van der Waals surface area contributed by atoms with Crippen LogP contribution in [0.25, 0.3) is 0 Å². The van der Waals surface area contributed by atoms with Gasteiger partial charge in [0.05, 0.1) is 0 Å². The zero-order chi connectivity index (χ0) is 48.9. The van der Waals surface area contributed by atoms with E-state index in [0.717, 1.165) is 69.6 Å². The highest BCUT2D eigenvalue weighted by atomic mass is 16.6. The molecule has 0 aliphatic carbocycles. The van der Waals surface area contributed by atoms with Crippen molar-refractivity contribution in [1.82, 2.24) is 0 Å². The molecule has 6 nitrogen and oxygen atoms in total. The summed E-state index contributed by atoms with van der Waals surface area (Å²) in [5, 5.41) is 0. The molecule has 0 heterocycles. The van der Waals surface area contributed by atoms with E-state index in [9.17, 15) is 14.4 Å². The summed E-state index contributed by atoms with van der Waals surface area (Å²) >= 11 is 0. The van der Waals surface area contributed by atoms with E-state index in [1.807, 2.05) is 0 Å². The van der Waals surface area contributed by atoms with Gasteiger partial charge in [-0.05, 0) is 31.1 Å². The van der Waals surface area contributed by atoms with Crippen molar-refractivity contribution in [3.8, 4) is 0 Å². The molecule has 0 N–H and O–H groups in total. The Morgan fingerprint density at radius 2 is 0.567 bits per heavy atom. The number of ether oxygens (including phenoxy) is 3. The lowest BCUT2D eigenvalue weighted by Crippen LogP contribution is -2.30. The Bertz CT molecular complexity index is 1030. The molecule has 6 heteroatoms. The standard InChI is InChI=1S/C61H118O6/c1-6-8-9-10-11-12-13-14-15-16-17-22-25-28-31-38-43-48-53-61(64)67-58(55-66-60(63)52-47-42-37-33-32-35-40-45-50-57(5)7-2)54-65-59(62)51-46-41-36-30-27-24-21-19-18-20-23-26-29-34-39-44-49-56(3)4/h56-58H,6-55H2,1-5H3/t57?,58-/m0/s1. The third kappa shape index (κ3) is 53.6. The summed E-state index contributed by atoms with van der Waals surface area (Å²) in [4.78, 5) is 38.2. The molecule has 0 rings (SSSR count). The summed E-state index contributed by atoms with van der Waals surface area (Å²) in [7, 11) is 0. The lowest BCUT2D eigenvalue weighted by molar-refractivity contribution is -0.167. The lowest BCUT2D eigenvalue weighted by atomic mass is 9.99. The van der Waals surface area contributed by atoms with Crippen molar-refractivity contribution >= 4 is 17.9 Å². The molecule has 0 bridgehead atoms. The minimum absolute atomic E-state index is 0.0627. The molecule has 0 amide bonds. The Balaban J connectivity index is 4.26. The van der Waals surface area contributed by atoms with Crippen LogP contribution < -0.4 is 0 Å². The van der Waals surface area contributed by atoms with Gasteiger partial charge in [0.2, 0.25) is 0 Å². The maximum absolute atomic E-state index is 12.9. The van der Waals surface area contributed by atoms with Crippen molar-refractivity contribution in [2.45, 2.75) is 349 Å². The highest BCUT2D eigenvalue weighted by Gasteiger charge is 2.19. The first-order chi connectivity index (χ1) is 32.8. The molecular weight excluding hydrogens is 829 g/mol. The molecule has 0 saturated carbocycles. The topological polar surface area (TPSA) is 78.9 Å².